The molecule has 0 aliphatic rings. The molecule has 0 aliphatic carbocycles. The summed E-state index contributed by atoms with van der Waals surface area (Å²) in [5.41, 5.74) is 2.33. The van der Waals surface area contributed by atoms with E-state index in [2.05, 4.69) is 35.6 Å². The Balaban J connectivity index is 1.45. The first-order valence-electron chi connectivity index (χ1n) is 9.64. The van der Waals surface area contributed by atoms with Crippen LogP contribution in [0.4, 0.5) is 10.9 Å². The van der Waals surface area contributed by atoms with Crippen molar-refractivity contribution in [1.29, 1.82) is 0 Å². The number of para-hydroxylation sites is 1. The molecule has 4 rings (SSSR count). The van der Waals surface area contributed by atoms with Crippen molar-refractivity contribution in [3.05, 3.63) is 66.4 Å². The molecule has 0 radical (unpaired) electrons. The molecule has 0 saturated heterocycles. The Kier molecular flexibility index (Phi) is 6.72. The summed E-state index contributed by atoms with van der Waals surface area (Å²) < 4.78 is 5.78. The fraction of sp³-hybridized carbons (Fsp3) is 0.190. The zero-order valence-electron chi connectivity index (χ0n) is 16.8. The third-order valence-electron chi connectivity index (χ3n) is 4.08. The minimum atomic E-state index is 0.0885. The van der Waals surface area contributed by atoms with Gasteiger partial charge in [0.1, 0.15) is 5.75 Å². The highest BCUT2D eigenvalue weighted by Gasteiger charge is 2.11. The van der Waals surface area contributed by atoms with Crippen LogP contribution in [0.2, 0.25) is 0 Å². The van der Waals surface area contributed by atoms with Crippen molar-refractivity contribution in [2.45, 2.75) is 13.5 Å². The number of anilines is 2. The number of rotatable bonds is 9. The summed E-state index contributed by atoms with van der Waals surface area (Å²) in [5.74, 6) is 1.28. The van der Waals surface area contributed by atoms with Crippen molar-refractivity contribution in [3.8, 4) is 22.3 Å². The fourth-order valence-electron chi connectivity index (χ4n) is 2.67. The lowest BCUT2D eigenvalue weighted by molar-refractivity contribution is 0.291. The van der Waals surface area contributed by atoms with Gasteiger partial charge in [-0.1, -0.05) is 29.5 Å². The van der Waals surface area contributed by atoms with E-state index in [1.165, 1.54) is 11.3 Å². The molecule has 31 heavy (non-hydrogen) atoms. The second kappa shape index (κ2) is 10.0. The van der Waals surface area contributed by atoms with Gasteiger partial charge >= 0.3 is 6.01 Å². The Morgan fingerprint density at radius 3 is 2.68 bits per heavy atom. The average Bonchev–Trinajstić information content (AvgIpc) is 3.24. The predicted octanol–water partition coefficient (Wildman–Crippen LogP) is 3.32. The maximum Gasteiger partial charge on any atom is 0.322 e. The SMILES string of the molecule is Cc1cc(-c2cnc(Nc3cnc(CNCCO)cn3)s2)nc(Oc2ccccc2)n1. The molecular weight excluding hydrogens is 414 g/mol. The molecule has 0 saturated carbocycles. The summed E-state index contributed by atoms with van der Waals surface area (Å²) in [6, 6.07) is 11.6. The monoisotopic (exact) mass is 435 g/mol. The predicted molar refractivity (Wildman–Crippen MR) is 119 cm³/mol. The van der Waals surface area contributed by atoms with Crippen molar-refractivity contribution in [2.75, 3.05) is 18.5 Å². The van der Waals surface area contributed by atoms with Gasteiger partial charge in [0.15, 0.2) is 10.9 Å². The van der Waals surface area contributed by atoms with Gasteiger partial charge in [-0.2, -0.15) is 4.98 Å². The third-order valence-corrected chi connectivity index (χ3v) is 5.01. The zero-order chi connectivity index (χ0) is 21.5. The van der Waals surface area contributed by atoms with Gasteiger partial charge in [-0.3, -0.25) is 4.98 Å². The standard InChI is InChI=1S/C21H21N7O2S/c1-14-9-17(27-20(26-14)30-16-5-3-2-4-6-16)18-12-25-21(31-18)28-19-13-23-15(11-24-19)10-22-7-8-29/h2-6,9,11-13,22,29H,7-8,10H2,1H3,(H,24,25,28). The van der Waals surface area contributed by atoms with E-state index in [4.69, 9.17) is 9.84 Å². The van der Waals surface area contributed by atoms with Crippen LogP contribution in [0.3, 0.4) is 0 Å². The van der Waals surface area contributed by atoms with Crippen molar-refractivity contribution in [3.63, 3.8) is 0 Å². The minimum Gasteiger partial charge on any atom is -0.424 e. The van der Waals surface area contributed by atoms with Gasteiger partial charge in [0.2, 0.25) is 0 Å². The average molecular weight is 436 g/mol. The van der Waals surface area contributed by atoms with Gasteiger partial charge in [0, 0.05) is 25.0 Å². The van der Waals surface area contributed by atoms with Crippen LogP contribution >= 0.6 is 11.3 Å². The smallest absolute Gasteiger partial charge is 0.322 e. The lowest BCUT2D eigenvalue weighted by Gasteiger charge is -2.06. The number of hydrogen-bond donors (Lipinski definition) is 3. The van der Waals surface area contributed by atoms with Crippen LogP contribution in [-0.4, -0.2) is 43.2 Å². The molecule has 4 aromatic rings. The molecule has 158 valence electrons. The molecule has 0 spiro atoms. The Morgan fingerprint density at radius 1 is 1.03 bits per heavy atom. The van der Waals surface area contributed by atoms with Gasteiger partial charge in [-0.15, -0.1) is 0 Å². The van der Waals surface area contributed by atoms with Crippen molar-refractivity contribution < 1.29 is 9.84 Å². The van der Waals surface area contributed by atoms with Crippen LogP contribution in [0.25, 0.3) is 10.6 Å². The maximum atomic E-state index is 8.80. The van der Waals surface area contributed by atoms with E-state index >= 15 is 0 Å². The van der Waals surface area contributed by atoms with E-state index in [1.54, 1.807) is 18.6 Å². The van der Waals surface area contributed by atoms with Crippen LogP contribution in [0.5, 0.6) is 11.8 Å². The summed E-state index contributed by atoms with van der Waals surface area (Å²) in [6.07, 6.45) is 5.08. The third kappa shape index (κ3) is 5.79. The quantitative estimate of drug-likeness (QED) is 0.340. The number of nitrogens with one attached hydrogen (secondary N) is 2. The highest BCUT2D eigenvalue weighted by atomic mass is 32.1. The molecule has 0 atom stereocenters. The summed E-state index contributed by atoms with van der Waals surface area (Å²) in [4.78, 5) is 22.9. The number of thiazole rings is 1. The molecular formula is C21H21N7O2S. The van der Waals surface area contributed by atoms with Crippen LogP contribution in [-0.2, 0) is 6.54 Å². The van der Waals surface area contributed by atoms with Gasteiger partial charge in [-0.05, 0) is 25.1 Å². The molecule has 0 aliphatic heterocycles. The number of aromatic nitrogens is 5. The van der Waals surface area contributed by atoms with Crippen LogP contribution in [0.1, 0.15) is 11.4 Å². The van der Waals surface area contributed by atoms with E-state index < -0.39 is 0 Å². The Bertz CT molecular complexity index is 1120. The fourth-order valence-corrected chi connectivity index (χ4v) is 3.46. The number of aliphatic hydroxyl groups is 1. The van der Waals surface area contributed by atoms with Crippen LogP contribution in [0.15, 0.2) is 55.0 Å². The van der Waals surface area contributed by atoms with Crippen molar-refractivity contribution >= 4 is 22.3 Å². The van der Waals surface area contributed by atoms with Crippen LogP contribution < -0.4 is 15.4 Å². The highest BCUT2D eigenvalue weighted by molar-refractivity contribution is 7.18. The van der Waals surface area contributed by atoms with Gasteiger partial charge < -0.3 is 20.5 Å². The summed E-state index contributed by atoms with van der Waals surface area (Å²) >= 11 is 1.45. The molecule has 0 bridgehead atoms. The minimum absolute atomic E-state index is 0.0885. The largest absolute Gasteiger partial charge is 0.424 e. The number of aryl methyl sites for hydroxylation is 1. The molecule has 9 nitrogen and oxygen atoms in total. The number of aliphatic hydroxyl groups excluding tert-OH is 1. The highest BCUT2D eigenvalue weighted by Crippen LogP contribution is 2.30. The van der Waals surface area contributed by atoms with E-state index in [0.29, 0.717) is 35.8 Å². The number of benzene rings is 1. The first-order chi connectivity index (χ1) is 15.2. The molecule has 10 heteroatoms. The summed E-state index contributed by atoms with van der Waals surface area (Å²) in [6.45, 7) is 3.06. The molecule has 0 unspecified atom stereocenters. The zero-order valence-corrected chi connectivity index (χ0v) is 17.6. The molecule has 3 heterocycles. The number of nitrogens with zero attached hydrogens (tertiary/aromatic N) is 5. The second-order valence-electron chi connectivity index (χ2n) is 6.54. The summed E-state index contributed by atoms with van der Waals surface area (Å²) in [5, 5.41) is 15.7. The molecule has 0 fully saturated rings. The molecule has 0 amide bonds. The van der Waals surface area contributed by atoms with E-state index in [0.717, 1.165) is 22.0 Å². The van der Waals surface area contributed by atoms with Crippen molar-refractivity contribution in [1.82, 2.24) is 30.2 Å². The van der Waals surface area contributed by atoms with Gasteiger partial charge in [0.25, 0.3) is 0 Å². The first kappa shape index (κ1) is 20.8. The topological polar surface area (TPSA) is 118 Å². The summed E-state index contributed by atoms with van der Waals surface area (Å²) in [7, 11) is 0. The maximum absolute atomic E-state index is 8.80. The van der Waals surface area contributed by atoms with E-state index in [-0.39, 0.29) is 6.61 Å². The molecule has 1 aromatic carbocycles. The van der Waals surface area contributed by atoms with E-state index in [1.807, 2.05) is 43.3 Å². The van der Waals surface area contributed by atoms with Gasteiger partial charge in [0.05, 0.1) is 35.3 Å². The van der Waals surface area contributed by atoms with E-state index in [9.17, 15) is 0 Å². The lowest BCUT2D eigenvalue weighted by atomic mass is 10.3. The first-order valence-corrected chi connectivity index (χ1v) is 10.5. The Morgan fingerprint density at radius 2 is 1.90 bits per heavy atom. The normalized spacial score (nSPS) is 10.8. The van der Waals surface area contributed by atoms with Crippen LogP contribution in [0, 0.1) is 6.92 Å². The van der Waals surface area contributed by atoms with Gasteiger partial charge in [-0.25, -0.2) is 15.0 Å². The molecule has 3 aromatic heterocycles. The number of ether oxygens (including phenoxy) is 1. The number of hydrogen-bond acceptors (Lipinski definition) is 10. The second-order valence-corrected chi connectivity index (χ2v) is 7.57. The Hall–Kier alpha value is -3.47. The lowest BCUT2D eigenvalue weighted by Crippen LogP contribution is -2.18. The Labute approximate surface area is 183 Å². The molecule has 3 N–H and O–H groups in total. The van der Waals surface area contributed by atoms with Crippen molar-refractivity contribution in [2.24, 2.45) is 0 Å².